The Labute approximate surface area is 147 Å². The van der Waals surface area contributed by atoms with E-state index in [2.05, 4.69) is 4.98 Å². The third-order valence-electron chi connectivity index (χ3n) is 4.11. The number of carboxylic acid groups (broad SMARTS) is 1. The van der Waals surface area contributed by atoms with Crippen LogP contribution in [0.15, 0.2) is 54.7 Å². The Hall–Kier alpha value is -3.14. The number of aromatic nitrogens is 1. The summed E-state index contributed by atoms with van der Waals surface area (Å²) in [6, 6.07) is 15.8. The molecule has 0 aliphatic rings. The SMILES string of the molecule is CN(C)c1ccc(C=Cc2ccnc3ccccc23)c(CC(=O)O)c1. The number of pyridine rings is 1. The molecule has 0 bridgehead atoms. The lowest BCUT2D eigenvalue weighted by atomic mass is 10.0. The normalized spacial score (nSPS) is 11.1. The van der Waals surface area contributed by atoms with Crippen molar-refractivity contribution in [3.05, 3.63) is 71.4 Å². The van der Waals surface area contributed by atoms with E-state index < -0.39 is 5.97 Å². The molecule has 0 unspecified atom stereocenters. The van der Waals surface area contributed by atoms with E-state index in [0.717, 1.165) is 33.3 Å². The highest BCUT2D eigenvalue weighted by atomic mass is 16.4. The molecule has 0 spiro atoms. The second-order valence-corrected chi connectivity index (χ2v) is 6.10. The summed E-state index contributed by atoms with van der Waals surface area (Å²) < 4.78 is 0. The van der Waals surface area contributed by atoms with Crippen molar-refractivity contribution in [3.8, 4) is 0 Å². The number of nitrogens with zero attached hydrogens (tertiary/aromatic N) is 2. The zero-order valence-corrected chi connectivity index (χ0v) is 14.3. The molecule has 126 valence electrons. The van der Waals surface area contributed by atoms with Gasteiger partial charge in [0.2, 0.25) is 0 Å². The Kier molecular flexibility index (Phi) is 4.80. The van der Waals surface area contributed by atoms with Gasteiger partial charge in [-0.15, -0.1) is 0 Å². The second kappa shape index (κ2) is 7.18. The average molecular weight is 332 g/mol. The Bertz CT molecular complexity index is 940. The zero-order chi connectivity index (χ0) is 17.8. The highest BCUT2D eigenvalue weighted by Crippen LogP contribution is 2.23. The first-order chi connectivity index (χ1) is 12.0. The maximum atomic E-state index is 11.2. The molecule has 3 rings (SSSR count). The molecular formula is C21H20N2O2. The first-order valence-corrected chi connectivity index (χ1v) is 8.08. The van der Waals surface area contributed by atoms with E-state index in [1.54, 1.807) is 6.20 Å². The number of fused-ring (bicyclic) bond motifs is 1. The third-order valence-corrected chi connectivity index (χ3v) is 4.11. The van der Waals surface area contributed by atoms with Gasteiger partial charge in [-0.2, -0.15) is 0 Å². The van der Waals surface area contributed by atoms with Crippen molar-refractivity contribution in [2.24, 2.45) is 0 Å². The van der Waals surface area contributed by atoms with Crippen LogP contribution >= 0.6 is 0 Å². The van der Waals surface area contributed by atoms with Crippen LogP contribution in [0.2, 0.25) is 0 Å². The monoisotopic (exact) mass is 332 g/mol. The van der Waals surface area contributed by atoms with Gasteiger partial charge in [0.05, 0.1) is 11.9 Å². The molecule has 0 amide bonds. The highest BCUT2D eigenvalue weighted by molar-refractivity contribution is 5.90. The standard InChI is InChI=1S/C21H20N2O2/c1-23(2)18-10-9-15(17(13-18)14-21(24)25)7-8-16-11-12-22-20-6-4-3-5-19(16)20/h3-13H,14H2,1-2H3,(H,24,25). The van der Waals surface area contributed by atoms with E-state index in [1.165, 1.54) is 0 Å². The number of benzene rings is 2. The Morgan fingerprint density at radius 2 is 1.84 bits per heavy atom. The summed E-state index contributed by atoms with van der Waals surface area (Å²) in [5.74, 6) is -0.833. The van der Waals surface area contributed by atoms with Crippen molar-refractivity contribution < 1.29 is 9.90 Å². The summed E-state index contributed by atoms with van der Waals surface area (Å²) in [6.07, 6.45) is 5.77. The molecule has 4 nitrogen and oxygen atoms in total. The molecule has 0 atom stereocenters. The molecule has 0 saturated carbocycles. The van der Waals surface area contributed by atoms with Crippen molar-refractivity contribution in [2.75, 3.05) is 19.0 Å². The molecule has 1 aromatic heterocycles. The van der Waals surface area contributed by atoms with Crippen molar-refractivity contribution >= 4 is 34.7 Å². The van der Waals surface area contributed by atoms with Crippen molar-refractivity contribution in [2.45, 2.75) is 6.42 Å². The summed E-state index contributed by atoms with van der Waals surface area (Å²) in [5.41, 5.74) is 4.70. The van der Waals surface area contributed by atoms with Crippen LogP contribution in [0, 0.1) is 0 Å². The third kappa shape index (κ3) is 3.86. The minimum absolute atomic E-state index is 0.00154. The van der Waals surface area contributed by atoms with E-state index in [4.69, 9.17) is 0 Å². The van der Waals surface area contributed by atoms with Gasteiger partial charge in [-0.25, -0.2) is 0 Å². The van der Waals surface area contributed by atoms with Crippen LogP contribution in [-0.2, 0) is 11.2 Å². The summed E-state index contributed by atoms with van der Waals surface area (Å²) in [4.78, 5) is 17.5. The smallest absolute Gasteiger partial charge is 0.307 e. The number of hydrogen-bond acceptors (Lipinski definition) is 3. The molecule has 3 aromatic rings. The van der Waals surface area contributed by atoms with Crippen molar-refractivity contribution in [1.82, 2.24) is 4.98 Å². The maximum absolute atomic E-state index is 11.2. The minimum atomic E-state index is -0.833. The second-order valence-electron chi connectivity index (χ2n) is 6.10. The largest absolute Gasteiger partial charge is 0.481 e. The van der Waals surface area contributed by atoms with Crippen LogP contribution in [0.5, 0.6) is 0 Å². The topological polar surface area (TPSA) is 53.4 Å². The molecule has 0 fully saturated rings. The van der Waals surface area contributed by atoms with E-state index in [9.17, 15) is 9.90 Å². The van der Waals surface area contributed by atoms with Crippen LogP contribution in [0.4, 0.5) is 5.69 Å². The molecule has 25 heavy (non-hydrogen) atoms. The molecule has 0 aliphatic carbocycles. The van der Waals surface area contributed by atoms with Crippen LogP contribution in [-0.4, -0.2) is 30.2 Å². The van der Waals surface area contributed by atoms with E-state index in [0.29, 0.717) is 0 Å². The minimum Gasteiger partial charge on any atom is -0.481 e. The van der Waals surface area contributed by atoms with Gasteiger partial charge in [-0.05, 0) is 41.0 Å². The lowest BCUT2D eigenvalue weighted by Gasteiger charge is -2.15. The number of anilines is 1. The van der Waals surface area contributed by atoms with Gasteiger partial charge in [0.15, 0.2) is 0 Å². The number of carboxylic acids is 1. The Balaban J connectivity index is 2.01. The predicted molar refractivity (Wildman–Crippen MR) is 103 cm³/mol. The number of para-hydroxylation sites is 1. The van der Waals surface area contributed by atoms with Gasteiger partial charge in [-0.3, -0.25) is 9.78 Å². The van der Waals surface area contributed by atoms with Gasteiger partial charge < -0.3 is 10.0 Å². The summed E-state index contributed by atoms with van der Waals surface area (Å²) in [7, 11) is 3.89. The fraction of sp³-hybridized carbons (Fsp3) is 0.143. The average Bonchev–Trinajstić information content (AvgIpc) is 2.60. The highest BCUT2D eigenvalue weighted by Gasteiger charge is 2.08. The molecule has 1 heterocycles. The molecular weight excluding hydrogens is 312 g/mol. The summed E-state index contributed by atoms with van der Waals surface area (Å²) in [6.45, 7) is 0. The maximum Gasteiger partial charge on any atom is 0.307 e. The van der Waals surface area contributed by atoms with Gasteiger partial charge in [0, 0.05) is 31.4 Å². The number of aliphatic carboxylic acids is 1. The van der Waals surface area contributed by atoms with Gasteiger partial charge in [0.25, 0.3) is 0 Å². The molecule has 0 radical (unpaired) electrons. The first-order valence-electron chi connectivity index (χ1n) is 8.08. The first kappa shape index (κ1) is 16.7. The molecule has 4 heteroatoms. The van der Waals surface area contributed by atoms with Crippen LogP contribution in [0.25, 0.3) is 23.1 Å². The van der Waals surface area contributed by atoms with Gasteiger partial charge in [-0.1, -0.05) is 36.4 Å². The fourth-order valence-electron chi connectivity index (χ4n) is 2.79. The predicted octanol–water partition coefficient (Wildman–Crippen LogP) is 4.10. The number of carbonyl (C=O) groups is 1. The van der Waals surface area contributed by atoms with E-state index in [-0.39, 0.29) is 6.42 Å². The van der Waals surface area contributed by atoms with Gasteiger partial charge in [0.1, 0.15) is 0 Å². The van der Waals surface area contributed by atoms with E-state index >= 15 is 0 Å². The van der Waals surface area contributed by atoms with Gasteiger partial charge >= 0.3 is 5.97 Å². The summed E-state index contributed by atoms with van der Waals surface area (Å²) >= 11 is 0. The fourth-order valence-corrected chi connectivity index (χ4v) is 2.79. The Morgan fingerprint density at radius 1 is 1.08 bits per heavy atom. The zero-order valence-electron chi connectivity index (χ0n) is 14.3. The molecule has 0 saturated heterocycles. The molecule has 2 aromatic carbocycles. The lowest BCUT2D eigenvalue weighted by molar-refractivity contribution is -0.136. The van der Waals surface area contributed by atoms with Crippen molar-refractivity contribution in [3.63, 3.8) is 0 Å². The van der Waals surface area contributed by atoms with Crippen LogP contribution < -0.4 is 4.90 Å². The number of hydrogen-bond donors (Lipinski definition) is 1. The number of rotatable bonds is 5. The van der Waals surface area contributed by atoms with Crippen LogP contribution in [0.1, 0.15) is 16.7 Å². The van der Waals surface area contributed by atoms with Crippen molar-refractivity contribution in [1.29, 1.82) is 0 Å². The molecule has 0 aliphatic heterocycles. The van der Waals surface area contributed by atoms with E-state index in [1.807, 2.05) is 79.7 Å². The summed E-state index contributed by atoms with van der Waals surface area (Å²) in [5, 5.41) is 10.3. The lowest BCUT2D eigenvalue weighted by Crippen LogP contribution is -2.10. The molecule has 1 N–H and O–H groups in total. The van der Waals surface area contributed by atoms with Crippen LogP contribution in [0.3, 0.4) is 0 Å². The quantitative estimate of drug-likeness (QED) is 0.764. The Morgan fingerprint density at radius 3 is 2.60 bits per heavy atom.